The van der Waals surface area contributed by atoms with Crippen molar-refractivity contribution >= 4 is 10.9 Å². The molecule has 1 saturated heterocycles. The maximum absolute atomic E-state index is 13.9. The van der Waals surface area contributed by atoms with Gasteiger partial charge in [0.25, 0.3) is 0 Å². The Kier molecular flexibility index (Phi) is 4.46. The molecule has 3 aromatic rings. The highest BCUT2D eigenvalue weighted by Crippen LogP contribution is 2.28. The topological polar surface area (TPSA) is 52.0 Å². The fourth-order valence-electron chi connectivity index (χ4n) is 3.48. The second-order valence-electron chi connectivity index (χ2n) is 6.53. The zero-order chi connectivity index (χ0) is 17.2. The van der Waals surface area contributed by atoms with Crippen molar-refractivity contribution in [2.45, 2.75) is 31.5 Å². The molecule has 0 spiro atoms. The van der Waals surface area contributed by atoms with Crippen molar-refractivity contribution in [1.82, 2.24) is 19.9 Å². The fraction of sp³-hybridized carbons (Fsp3) is 0.368. The van der Waals surface area contributed by atoms with Crippen LogP contribution in [-0.4, -0.2) is 27.2 Å². The average Bonchev–Trinajstić information content (AvgIpc) is 3.06. The van der Waals surface area contributed by atoms with Crippen LogP contribution in [0.5, 0.6) is 0 Å². The molecule has 0 bridgehead atoms. The number of rotatable bonds is 4. The summed E-state index contributed by atoms with van der Waals surface area (Å²) < 4.78 is 21.8. The molecule has 0 unspecified atom stereocenters. The van der Waals surface area contributed by atoms with Crippen LogP contribution < -0.4 is 5.32 Å². The molecule has 0 saturated carbocycles. The van der Waals surface area contributed by atoms with Gasteiger partial charge in [0.1, 0.15) is 11.9 Å². The van der Waals surface area contributed by atoms with Crippen molar-refractivity contribution in [3.05, 3.63) is 60.1 Å². The summed E-state index contributed by atoms with van der Waals surface area (Å²) >= 11 is 0. The van der Waals surface area contributed by atoms with Crippen molar-refractivity contribution in [3.63, 3.8) is 0 Å². The molecular weight excluding hydrogens is 319 g/mol. The van der Waals surface area contributed by atoms with E-state index in [4.69, 9.17) is 4.74 Å². The van der Waals surface area contributed by atoms with Gasteiger partial charge in [-0.15, -0.1) is 0 Å². The van der Waals surface area contributed by atoms with Crippen molar-refractivity contribution < 1.29 is 9.13 Å². The van der Waals surface area contributed by atoms with E-state index in [0.717, 1.165) is 35.0 Å². The van der Waals surface area contributed by atoms with Gasteiger partial charge in [-0.25, -0.2) is 9.37 Å². The Morgan fingerprint density at radius 2 is 2.32 bits per heavy atom. The number of aryl methyl sites for hydroxylation is 1. The van der Waals surface area contributed by atoms with E-state index >= 15 is 0 Å². The molecule has 130 valence electrons. The molecule has 6 heteroatoms. The van der Waals surface area contributed by atoms with Crippen molar-refractivity contribution in [3.8, 4) is 0 Å². The van der Waals surface area contributed by atoms with Gasteiger partial charge in [-0.2, -0.15) is 0 Å². The van der Waals surface area contributed by atoms with E-state index in [2.05, 4.69) is 15.3 Å². The van der Waals surface area contributed by atoms with E-state index in [1.165, 1.54) is 6.07 Å². The summed E-state index contributed by atoms with van der Waals surface area (Å²) in [6.07, 6.45) is 7.25. The normalized spacial score (nSPS) is 20.9. The maximum atomic E-state index is 13.9. The van der Waals surface area contributed by atoms with Gasteiger partial charge in [-0.1, -0.05) is 6.07 Å². The predicted octanol–water partition coefficient (Wildman–Crippen LogP) is 3.12. The number of pyridine rings is 1. The summed E-state index contributed by atoms with van der Waals surface area (Å²) in [4.78, 5) is 8.58. The summed E-state index contributed by atoms with van der Waals surface area (Å²) in [7, 11) is 1.98. The second-order valence-corrected chi connectivity index (χ2v) is 6.53. The molecule has 3 heterocycles. The monoisotopic (exact) mass is 340 g/mol. The minimum absolute atomic E-state index is 0.0427. The van der Waals surface area contributed by atoms with Crippen LogP contribution in [0, 0.1) is 5.82 Å². The van der Waals surface area contributed by atoms with E-state index in [1.807, 2.05) is 29.9 Å². The third-order valence-corrected chi connectivity index (χ3v) is 4.80. The number of aromatic nitrogens is 3. The number of fused-ring (bicyclic) bond motifs is 1. The van der Waals surface area contributed by atoms with Gasteiger partial charge in [0.05, 0.1) is 23.7 Å². The molecular formula is C19H21FN4O. The van der Waals surface area contributed by atoms with Crippen LogP contribution in [0.4, 0.5) is 4.39 Å². The van der Waals surface area contributed by atoms with Gasteiger partial charge >= 0.3 is 0 Å². The molecule has 2 atom stereocenters. The third-order valence-electron chi connectivity index (χ3n) is 4.80. The van der Waals surface area contributed by atoms with Gasteiger partial charge in [-0.3, -0.25) is 4.98 Å². The standard InChI is InChI=1S/C19H21FN4O/c1-24-12-21-11-17(24)18-9-16(4-6-25-18)23-10-14-8-15(20)7-13-3-2-5-22-19(13)14/h2-3,5,7-8,11-12,16,18,23H,4,6,9-10H2,1H3/t16-,18-/m1/s1. The molecule has 0 aliphatic carbocycles. The van der Waals surface area contributed by atoms with Gasteiger partial charge in [0, 0.05) is 37.8 Å². The quantitative estimate of drug-likeness (QED) is 0.793. The SMILES string of the molecule is Cn1cncc1[C@H]1C[C@H](NCc2cc(F)cc3cccnc23)CCO1. The molecule has 2 aromatic heterocycles. The lowest BCUT2D eigenvalue weighted by Crippen LogP contribution is -2.36. The minimum Gasteiger partial charge on any atom is -0.372 e. The second kappa shape index (κ2) is 6.90. The van der Waals surface area contributed by atoms with Gasteiger partial charge in [-0.05, 0) is 36.6 Å². The number of nitrogens with one attached hydrogen (secondary N) is 1. The minimum atomic E-state index is -0.225. The number of ether oxygens (including phenoxy) is 1. The van der Waals surface area contributed by atoms with E-state index in [-0.39, 0.29) is 11.9 Å². The van der Waals surface area contributed by atoms with E-state index < -0.39 is 0 Å². The highest BCUT2D eigenvalue weighted by molar-refractivity contribution is 5.81. The summed E-state index contributed by atoms with van der Waals surface area (Å²) in [5, 5.41) is 4.38. The fourth-order valence-corrected chi connectivity index (χ4v) is 3.48. The first kappa shape index (κ1) is 16.2. The number of benzene rings is 1. The number of nitrogens with zero attached hydrogens (tertiary/aromatic N) is 3. The average molecular weight is 340 g/mol. The zero-order valence-corrected chi connectivity index (χ0v) is 14.2. The Hall–Kier alpha value is -2.31. The lowest BCUT2D eigenvalue weighted by Gasteiger charge is -2.30. The summed E-state index contributed by atoms with van der Waals surface area (Å²) in [6, 6.07) is 7.13. The molecule has 1 aliphatic rings. The molecule has 0 amide bonds. The van der Waals surface area contributed by atoms with Crippen LogP contribution in [0.15, 0.2) is 43.0 Å². The summed E-state index contributed by atoms with van der Waals surface area (Å²) in [6.45, 7) is 1.30. The third kappa shape index (κ3) is 3.41. The lowest BCUT2D eigenvalue weighted by molar-refractivity contribution is -0.00403. The number of hydrogen-bond donors (Lipinski definition) is 1. The molecule has 0 radical (unpaired) electrons. The van der Waals surface area contributed by atoms with Crippen molar-refractivity contribution in [2.75, 3.05) is 6.61 Å². The Balaban J connectivity index is 1.47. The molecule has 4 rings (SSSR count). The smallest absolute Gasteiger partial charge is 0.124 e. The zero-order valence-electron chi connectivity index (χ0n) is 14.2. The molecule has 1 fully saturated rings. The molecule has 1 aliphatic heterocycles. The van der Waals surface area contributed by atoms with E-state index in [1.54, 1.807) is 18.6 Å². The van der Waals surface area contributed by atoms with Crippen LogP contribution in [0.2, 0.25) is 0 Å². The van der Waals surface area contributed by atoms with Crippen LogP contribution in [0.25, 0.3) is 10.9 Å². The summed E-state index contributed by atoms with van der Waals surface area (Å²) in [5.74, 6) is -0.225. The Labute approximate surface area is 145 Å². The first-order chi connectivity index (χ1) is 12.2. The maximum Gasteiger partial charge on any atom is 0.124 e. The molecule has 5 nitrogen and oxygen atoms in total. The van der Waals surface area contributed by atoms with Gasteiger partial charge in [0.15, 0.2) is 0 Å². The van der Waals surface area contributed by atoms with Crippen LogP contribution in [0.3, 0.4) is 0 Å². The largest absolute Gasteiger partial charge is 0.372 e. The Morgan fingerprint density at radius 1 is 1.40 bits per heavy atom. The molecule has 1 N–H and O–H groups in total. The van der Waals surface area contributed by atoms with Crippen LogP contribution in [-0.2, 0) is 18.3 Å². The molecule has 1 aromatic carbocycles. The van der Waals surface area contributed by atoms with Crippen LogP contribution in [0.1, 0.15) is 30.2 Å². The first-order valence-electron chi connectivity index (χ1n) is 8.55. The number of imidazole rings is 1. The van der Waals surface area contributed by atoms with E-state index in [0.29, 0.717) is 19.2 Å². The highest BCUT2D eigenvalue weighted by Gasteiger charge is 2.25. The van der Waals surface area contributed by atoms with Gasteiger partial charge < -0.3 is 14.6 Å². The Morgan fingerprint density at radius 3 is 3.16 bits per heavy atom. The summed E-state index contributed by atoms with van der Waals surface area (Å²) in [5.41, 5.74) is 2.83. The van der Waals surface area contributed by atoms with Crippen LogP contribution >= 0.6 is 0 Å². The molecule has 25 heavy (non-hydrogen) atoms. The number of hydrogen-bond acceptors (Lipinski definition) is 4. The first-order valence-corrected chi connectivity index (χ1v) is 8.55. The number of halogens is 1. The van der Waals surface area contributed by atoms with Crippen molar-refractivity contribution in [1.29, 1.82) is 0 Å². The Bertz CT molecular complexity index is 879. The predicted molar refractivity (Wildman–Crippen MR) is 93.5 cm³/mol. The lowest BCUT2D eigenvalue weighted by atomic mass is 10.0. The van der Waals surface area contributed by atoms with Crippen molar-refractivity contribution in [2.24, 2.45) is 7.05 Å². The highest BCUT2D eigenvalue weighted by atomic mass is 19.1. The van der Waals surface area contributed by atoms with Gasteiger partial charge in [0.2, 0.25) is 0 Å². The van der Waals surface area contributed by atoms with E-state index in [9.17, 15) is 4.39 Å².